The summed E-state index contributed by atoms with van der Waals surface area (Å²) in [7, 11) is 0. The van der Waals surface area contributed by atoms with Crippen molar-refractivity contribution in [1.82, 2.24) is 5.32 Å². The van der Waals surface area contributed by atoms with E-state index in [2.05, 4.69) is 10.1 Å². The molecular weight excluding hydrogens is 311 g/mol. The second-order valence-electron chi connectivity index (χ2n) is 4.49. The van der Waals surface area contributed by atoms with E-state index < -0.39 is 12.8 Å². The standard InChI is InChI=1S/C13H15ClF3NOS/c14-9-1-2-12-10(7-9)11(3-6-20-12)18-4-5-19-8-13(15,16)17/h1-2,7,11,18H,3-6,8H2. The Bertz CT molecular complexity index is 456. The summed E-state index contributed by atoms with van der Waals surface area (Å²) in [6.07, 6.45) is -3.33. The van der Waals surface area contributed by atoms with Crippen LogP contribution in [0.3, 0.4) is 0 Å². The molecule has 2 rings (SSSR count). The molecule has 1 aromatic rings. The highest BCUT2D eigenvalue weighted by Gasteiger charge is 2.27. The number of benzene rings is 1. The molecule has 0 spiro atoms. The van der Waals surface area contributed by atoms with Gasteiger partial charge >= 0.3 is 6.18 Å². The van der Waals surface area contributed by atoms with Crippen molar-refractivity contribution in [3.63, 3.8) is 0 Å². The Hall–Kier alpha value is -0.430. The van der Waals surface area contributed by atoms with Crippen molar-refractivity contribution in [3.05, 3.63) is 28.8 Å². The summed E-state index contributed by atoms with van der Waals surface area (Å²) in [5.74, 6) is 0.982. The fourth-order valence-electron chi connectivity index (χ4n) is 2.07. The summed E-state index contributed by atoms with van der Waals surface area (Å²) in [5.41, 5.74) is 1.12. The van der Waals surface area contributed by atoms with E-state index in [9.17, 15) is 13.2 Å². The van der Waals surface area contributed by atoms with Crippen LogP contribution in [0.2, 0.25) is 5.02 Å². The smallest absolute Gasteiger partial charge is 0.371 e. The molecule has 0 saturated heterocycles. The molecule has 1 unspecified atom stereocenters. The first-order chi connectivity index (χ1) is 9.46. The van der Waals surface area contributed by atoms with Gasteiger partial charge in [0.05, 0.1) is 6.61 Å². The van der Waals surface area contributed by atoms with Crippen molar-refractivity contribution in [2.75, 3.05) is 25.5 Å². The van der Waals surface area contributed by atoms with Gasteiger partial charge in [-0.15, -0.1) is 11.8 Å². The first-order valence-corrected chi connectivity index (χ1v) is 7.62. The molecule has 0 saturated carbocycles. The maximum absolute atomic E-state index is 11.9. The van der Waals surface area contributed by atoms with Crippen LogP contribution in [0.1, 0.15) is 18.0 Å². The zero-order valence-electron chi connectivity index (χ0n) is 10.7. The van der Waals surface area contributed by atoms with Gasteiger partial charge in [0.15, 0.2) is 0 Å². The zero-order chi connectivity index (χ0) is 14.6. The molecule has 1 atom stereocenters. The van der Waals surface area contributed by atoms with E-state index in [0.717, 1.165) is 17.7 Å². The van der Waals surface area contributed by atoms with E-state index in [1.807, 2.05) is 18.2 Å². The number of nitrogens with one attached hydrogen (secondary N) is 1. The van der Waals surface area contributed by atoms with Gasteiger partial charge in [-0.25, -0.2) is 0 Å². The molecule has 1 aromatic carbocycles. The van der Waals surface area contributed by atoms with Gasteiger partial charge in [0, 0.05) is 22.5 Å². The summed E-state index contributed by atoms with van der Waals surface area (Å²) in [6.45, 7) is -0.770. The fourth-order valence-corrected chi connectivity index (χ4v) is 3.36. The Kier molecular flexibility index (Phi) is 5.60. The van der Waals surface area contributed by atoms with Gasteiger partial charge in [0.2, 0.25) is 0 Å². The zero-order valence-corrected chi connectivity index (χ0v) is 12.2. The number of halogens is 4. The van der Waals surface area contributed by atoms with Crippen LogP contribution in [-0.4, -0.2) is 31.7 Å². The lowest BCUT2D eigenvalue weighted by molar-refractivity contribution is -0.173. The third-order valence-corrected chi connectivity index (χ3v) is 4.27. The number of hydrogen-bond donors (Lipinski definition) is 1. The van der Waals surface area contributed by atoms with Gasteiger partial charge < -0.3 is 10.1 Å². The number of fused-ring (bicyclic) bond motifs is 1. The average molecular weight is 326 g/mol. The summed E-state index contributed by atoms with van der Waals surface area (Å²) in [4.78, 5) is 1.18. The summed E-state index contributed by atoms with van der Waals surface area (Å²) in [6, 6.07) is 5.87. The Morgan fingerprint density at radius 3 is 2.95 bits per heavy atom. The van der Waals surface area contributed by atoms with E-state index in [-0.39, 0.29) is 12.6 Å². The van der Waals surface area contributed by atoms with Crippen molar-refractivity contribution < 1.29 is 17.9 Å². The maximum atomic E-state index is 11.9. The van der Waals surface area contributed by atoms with Crippen molar-refractivity contribution in [2.24, 2.45) is 0 Å². The van der Waals surface area contributed by atoms with Crippen LogP contribution >= 0.6 is 23.4 Å². The van der Waals surface area contributed by atoms with Gasteiger partial charge in [-0.05, 0) is 35.9 Å². The molecule has 1 aliphatic rings. The van der Waals surface area contributed by atoms with Crippen molar-refractivity contribution in [2.45, 2.75) is 23.5 Å². The molecule has 0 bridgehead atoms. The normalized spacial score (nSPS) is 18.9. The molecule has 0 amide bonds. The molecule has 1 aliphatic heterocycles. The lowest BCUT2D eigenvalue weighted by Gasteiger charge is -2.26. The molecule has 7 heteroatoms. The SMILES string of the molecule is FC(F)(F)COCCNC1CCSc2ccc(Cl)cc21. The first-order valence-electron chi connectivity index (χ1n) is 6.26. The highest BCUT2D eigenvalue weighted by Crippen LogP contribution is 2.37. The maximum Gasteiger partial charge on any atom is 0.411 e. The number of thioether (sulfide) groups is 1. The van der Waals surface area contributed by atoms with Crippen LogP contribution in [0.5, 0.6) is 0 Å². The van der Waals surface area contributed by atoms with Crippen LogP contribution in [0, 0.1) is 0 Å². The van der Waals surface area contributed by atoms with E-state index in [0.29, 0.717) is 11.6 Å². The molecule has 0 aromatic heterocycles. The molecule has 20 heavy (non-hydrogen) atoms. The molecule has 1 N–H and O–H groups in total. The summed E-state index contributed by atoms with van der Waals surface area (Å²) < 4.78 is 40.3. The molecule has 112 valence electrons. The van der Waals surface area contributed by atoms with Crippen molar-refractivity contribution >= 4 is 23.4 Å². The van der Waals surface area contributed by atoms with Crippen LogP contribution in [0.25, 0.3) is 0 Å². The monoisotopic (exact) mass is 325 g/mol. The van der Waals surface area contributed by atoms with Crippen molar-refractivity contribution in [3.8, 4) is 0 Å². The Morgan fingerprint density at radius 1 is 1.40 bits per heavy atom. The van der Waals surface area contributed by atoms with Gasteiger partial charge in [0.1, 0.15) is 6.61 Å². The van der Waals surface area contributed by atoms with E-state index in [1.165, 1.54) is 4.90 Å². The Morgan fingerprint density at radius 2 is 2.20 bits per heavy atom. The first kappa shape index (κ1) is 15.9. The minimum absolute atomic E-state index is 0.0407. The van der Waals surface area contributed by atoms with Gasteiger partial charge in [-0.3, -0.25) is 0 Å². The second kappa shape index (κ2) is 7.02. The van der Waals surface area contributed by atoms with Crippen LogP contribution in [0.15, 0.2) is 23.1 Å². The molecule has 0 fully saturated rings. The number of ether oxygens (including phenoxy) is 1. The lowest BCUT2D eigenvalue weighted by atomic mass is 10.0. The molecular formula is C13H15ClF3NOS. The highest BCUT2D eigenvalue weighted by atomic mass is 35.5. The second-order valence-corrected chi connectivity index (χ2v) is 6.07. The number of rotatable bonds is 5. The summed E-state index contributed by atoms with van der Waals surface area (Å²) in [5, 5.41) is 3.90. The lowest BCUT2D eigenvalue weighted by Crippen LogP contribution is -2.29. The summed E-state index contributed by atoms with van der Waals surface area (Å²) >= 11 is 7.76. The molecule has 0 radical (unpaired) electrons. The number of hydrogen-bond acceptors (Lipinski definition) is 3. The van der Waals surface area contributed by atoms with Crippen LogP contribution in [0.4, 0.5) is 13.2 Å². The van der Waals surface area contributed by atoms with Crippen LogP contribution < -0.4 is 5.32 Å². The Balaban J connectivity index is 1.82. The Labute approximate surface area is 125 Å². The average Bonchev–Trinajstić information content (AvgIpc) is 2.37. The van der Waals surface area contributed by atoms with E-state index in [4.69, 9.17) is 11.6 Å². The topological polar surface area (TPSA) is 21.3 Å². The molecule has 2 nitrogen and oxygen atoms in total. The van der Waals surface area contributed by atoms with E-state index >= 15 is 0 Å². The molecule has 1 heterocycles. The van der Waals surface area contributed by atoms with Crippen molar-refractivity contribution in [1.29, 1.82) is 0 Å². The quantitative estimate of drug-likeness (QED) is 0.825. The van der Waals surface area contributed by atoms with Gasteiger partial charge in [-0.1, -0.05) is 11.6 Å². The van der Waals surface area contributed by atoms with E-state index in [1.54, 1.807) is 11.8 Å². The third-order valence-electron chi connectivity index (χ3n) is 2.91. The largest absolute Gasteiger partial charge is 0.411 e. The minimum atomic E-state index is -4.26. The van der Waals surface area contributed by atoms with Gasteiger partial charge in [-0.2, -0.15) is 13.2 Å². The fraction of sp³-hybridized carbons (Fsp3) is 0.538. The third kappa shape index (κ3) is 4.84. The van der Waals surface area contributed by atoms with Crippen LogP contribution in [-0.2, 0) is 4.74 Å². The number of alkyl halides is 3. The predicted octanol–water partition coefficient (Wildman–Crippen LogP) is 4.05. The predicted molar refractivity (Wildman–Crippen MR) is 74.4 cm³/mol. The minimum Gasteiger partial charge on any atom is -0.371 e. The molecule has 0 aliphatic carbocycles. The highest BCUT2D eigenvalue weighted by molar-refractivity contribution is 7.99. The van der Waals surface area contributed by atoms with Gasteiger partial charge in [0.25, 0.3) is 0 Å².